The first-order valence-electron chi connectivity index (χ1n) is 4.98. The second-order valence-electron chi connectivity index (χ2n) is 3.79. The Morgan fingerprint density at radius 3 is 2.67 bits per heavy atom. The number of rotatable bonds is 3. The monoisotopic (exact) mass is 208 g/mol. The Kier molecular flexibility index (Phi) is 2.58. The van der Waals surface area contributed by atoms with Gasteiger partial charge in [0, 0.05) is 11.6 Å². The molecule has 0 aliphatic heterocycles. The minimum atomic E-state index is -0.472. The third-order valence-electron chi connectivity index (χ3n) is 2.57. The average Bonchev–Trinajstić information content (AvgIpc) is 2.99. The third-order valence-corrected chi connectivity index (χ3v) is 2.57. The van der Waals surface area contributed by atoms with Gasteiger partial charge in [0.25, 0.3) is 0 Å². The molecule has 1 aromatic carbocycles. The van der Waals surface area contributed by atoms with Gasteiger partial charge in [-0.1, -0.05) is 18.2 Å². The highest BCUT2D eigenvalue weighted by Crippen LogP contribution is 2.28. The summed E-state index contributed by atoms with van der Waals surface area (Å²) in [6, 6.07) is 6.19. The molecule has 0 spiro atoms. The number of carbonyl (C=O) groups excluding carboxylic acids is 1. The lowest BCUT2D eigenvalue weighted by molar-refractivity contribution is 0.201. The third kappa shape index (κ3) is 2.26. The van der Waals surface area contributed by atoms with Gasteiger partial charge in [-0.15, -0.1) is 0 Å². The van der Waals surface area contributed by atoms with E-state index in [9.17, 15) is 9.18 Å². The van der Waals surface area contributed by atoms with Crippen LogP contribution in [0.25, 0.3) is 0 Å². The van der Waals surface area contributed by atoms with Gasteiger partial charge in [0.2, 0.25) is 0 Å². The normalized spacial score (nSPS) is 15.0. The Labute approximate surface area is 87.7 Å². The second kappa shape index (κ2) is 3.88. The number of amides is 2. The first kappa shape index (κ1) is 9.96. The van der Waals surface area contributed by atoms with Crippen LogP contribution in [0.4, 0.5) is 9.18 Å². The van der Waals surface area contributed by atoms with Gasteiger partial charge in [-0.05, 0) is 18.9 Å². The van der Waals surface area contributed by atoms with Crippen LogP contribution in [-0.4, -0.2) is 17.0 Å². The lowest BCUT2D eigenvalue weighted by atomic mass is 10.2. The molecule has 0 unspecified atom stereocenters. The van der Waals surface area contributed by atoms with Crippen molar-refractivity contribution in [1.29, 1.82) is 0 Å². The number of halogens is 1. The number of hydrogen-bond donors (Lipinski definition) is 1. The highest BCUT2D eigenvalue weighted by atomic mass is 19.1. The summed E-state index contributed by atoms with van der Waals surface area (Å²) in [5.41, 5.74) is 5.76. The summed E-state index contributed by atoms with van der Waals surface area (Å²) < 4.78 is 13.3. The molecule has 0 aromatic heterocycles. The number of urea groups is 1. The number of hydrogen-bond acceptors (Lipinski definition) is 1. The molecule has 15 heavy (non-hydrogen) atoms. The van der Waals surface area contributed by atoms with E-state index in [0.717, 1.165) is 12.8 Å². The van der Waals surface area contributed by atoms with E-state index in [1.165, 1.54) is 11.0 Å². The Bertz CT molecular complexity index is 377. The largest absolute Gasteiger partial charge is 0.351 e. The molecular formula is C11H13FN2O. The Morgan fingerprint density at radius 2 is 2.13 bits per heavy atom. The quantitative estimate of drug-likeness (QED) is 0.809. The molecule has 1 fully saturated rings. The summed E-state index contributed by atoms with van der Waals surface area (Å²) in [6.07, 6.45) is 1.94. The lowest BCUT2D eigenvalue weighted by Gasteiger charge is -2.19. The molecule has 80 valence electrons. The summed E-state index contributed by atoms with van der Waals surface area (Å²) in [5, 5.41) is 0. The molecule has 3 nitrogen and oxygen atoms in total. The summed E-state index contributed by atoms with van der Waals surface area (Å²) in [4.78, 5) is 12.6. The first-order chi connectivity index (χ1) is 7.18. The van der Waals surface area contributed by atoms with Gasteiger partial charge < -0.3 is 10.6 Å². The Balaban J connectivity index is 2.12. The maximum atomic E-state index is 13.3. The minimum Gasteiger partial charge on any atom is -0.351 e. The van der Waals surface area contributed by atoms with Crippen molar-refractivity contribution >= 4 is 6.03 Å². The first-order valence-corrected chi connectivity index (χ1v) is 4.98. The maximum absolute atomic E-state index is 13.3. The zero-order valence-electron chi connectivity index (χ0n) is 8.32. The van der Waals surface area contributed by atoms with E-state index < -0.39 is 6.03 Å². The van der Waals surface area contributed by atoms with Crippen LogP contribution in [0.3, 0.4) is 0 Å². The smallest absolute Gasteiger partial charge is 0.315 e. The van der Waals surface area contributed by atoms with Crippen LogP contribution in [0.2, 0.25) is 0 Å². The second-order valence-corrected chi connectivity index (χ2v) is 3.79. The molecule has 2 N–H and O–H groups in total. The van der Waals surface area contributed by atoms with Crippen LogP contribution >= 0.6 is 0 Å². The van der Waals surface area contributed by atoms with Crippen molar-refractivity contribution in [2.75, 3.05) is 0 Å². The molecule has 1 aliphatic rings. The molecule has 0 heterocycles. The molecule has 0 atom stereocenters. The standard InChI is InChI=1S/C11H13FN2O/c12-10-4-2-1-3-8(10)7-14(11(13)15)9-5-6-9/h1-4,9H,5-7H2,(H2,13,15). The van der Waals surface area contributed by atoms with Crippen LogP contribution in [0.5, 0.6) is 0 Å². The number of primary amides is 1. The van der Waals surface area contributed by atoms with E-state index in [4.69, 9.17) is 5.73 Å². The molecule has 1 aliphatic carbocycles. The molecule has 1 aromatic rings. The van der Waals surface area contributed by atoms with E-state index in [1.807, 2.05) is 0 Å². The minimum absolute atomic E-state index is 0.210. The van der Waals surface area contributed by atoms with Crippen molar-refractivity contribution in [2.45, 2.75) is 25.4 Å². The van der Waals surface area contributed by atoms with Gasteiger partial charge in [-0.2, -0.15) is 0 Å². The van der Waals surface area contributed by atoms with Crippen LogP contribution in [0.1, 0.15) is 18.4 Å². The molecule has 0 bridgehead atoms. The van der Waals surface area contributed by atoms with Crippen molar-refractivity contribution in [3.63, 3.8) is 0 Å². The van der Waals surface area contributed by atoms with Gasteiger partial charge >= 0.3 is 6.03 Å². The fourth-order valence-corrected chi connectivity index (χ4v) is 1.58. The molecule has 1 saturated carbocycles. The maximum Gasteiger partial charge on any atom is 0.315 e. The molecule has 2 amide bonds. The zero-order valence-corrected chi connectivity index (χ0v) is 8.32. The zero-order chi connectivity index (χ0) is 10.8. The molecule has 2 rings (SSSR count). The van der Waals surface area contributed by atoms with E-state index in [-0.39, 0.29) is 18.4 Å². The summed E-state index contributed by atoms with van der Waals surface area (Å²) in [7, 11) is 0. The van der Waals surface area contributed by atoms with Crippen LogP contribution in [-0.2, 0) is 6.54 Å². The van der Waals surface area contributed by atoms with Gasteiger partial charge in [-0.25, -0.2) is 9.18 Å². The van der Waals surface area contributed by atoms with E-state index in [1.54, 1.807) is 18.2 Å². The number of nitrogens with zero attached hydrogens (tertiary/aromatic N) is 1. The van der Waals surface area contributed by atoms with Crippen molar-refractivity contribution in [1.82, 2.24) is 4.90 Å². The average molecular weight is 208 g/mol. The Hall–Kier alpha value is -1.58. The van der Waals surface area contributed by atoms with E-state index in [0.29, 0.717) is 5.56 Å². The number of nitrogens with two attached hydrogens (primary N) is 1. The topological polar surface area (TPSA) is 46.3 Å². The fourth-order valence-electron chi connectivity index (χ4n) is 1.58. The highest BCUT2D eigenvalue weighted by molar-refractivity contribution is 5.72. The summed E-state index contributed by atoms with van der Waals surface area (Å²) in [5.74, 6) is -0.288. The van der Waals surface area contributed by atoms with Crippen molar-refractivity contribution in [2.24, 2.45) is 5.73 Å². The van der Waals surface area contributed by atoms with Crippen LogP contribution < -0.4 is 5.73 Å². The molecule has 4 heteroatoms. The predicted molar refractivity (Wildman–Crippen MR) is 54.5 cm³/mol. The van der Waals surface area contributed by atoms with Crippen molar-refractivity contribution < 1.29 is 9.18 Å². The van der Waals surface area contributed by atoms with Crippen LogP contribution in [0.15, 0.2) is 24.3 Å². The summed E-state index contributed by atoms with van der Waals surface area (Å²) >= 11 is 0. The molecular weight excluding hydrogens is 195 g/mol. The van der Waals surface area contributed by atoms with E-state index in [2.05, 4.69) is 0 Å². The summed E-state index contributed by atoms with van der Waals surface area (Å²) in [6.45, 7) is 0.271. The SMILES string of the molecule is NC(=O)N(Cc1ccccc1F)C1CC1. The fraction of sp³-hybridized carbons (Fsp3) is 0.364. The van der Waals surface area contributed by atoms with Gasteiger partial charge in [-0.3, -0.25) is 0 Å². The van der Waals surface area contributed by atoms with Gasteiger partial charge in [0.05, 0.1) is 6.54 Å². The van der Waals surface area contributed by atoms with Gasteiger partial charge in [0.15, 0.2) is 0 Å². The van der Waals surface area contributed by atoms with Crippen LogP contribution in [0, 0.1) is 5.82 Å². The van der Waals surface area contributed by atoms with E-state index >= 15 is 0 Å². The molecule has 0 radical (unpaired) electrons. The van der Waals surface area contributed by atoms with Crippen molar-refractivity contribution in [3.8, 4) is 0 Å². The predicted octanol–water partition coefficient (Wildman–Crippen LogP) is 1.87. The number of carbonyl (C=O) groups is 1. The van der Waals surface area contributed by atoms with Gasteiger partial charge in [0.1, 0.15) is 5.82 Å². The molecule has 0 saturated heterocycles. The lowest BCUT2D eigenvalue weighted by Crippen LogP contribution is -2.37. The number of benzene rings is 1. The van der Waals surface area contributed by atoms with Crippen molar-refractivity contribution in [3.05, 3.63) is 35.6 Å². The highest BCUT2D eigenvalue weighted by Gasteiger charge is 2.31. The Morgan fingerprint density at radius 1 is 1.47 bits per heavy atom.